The van der Waals surface area contributed by atoms with Crippen molar-refractivity contribution in [1.29, 1.82) is 0 Å². The first-order valence-corrected chi connectivity index (χ1v) is 8.48. The van der Waals surface area contributed by atoms with Crippen LogP contribution in [0.25, 0.3) is 5.69 Å². The van der Waals surface area contributed by atoms with Crippen LogP contribution in [0.2, 0.25) is 0 Å². The molecule has 0 unspecified atom stereocenters. The molecular formula is C20H18F3N3O2. The number of anilines is 1. The van der Waals surface area contributed by atoms with Crippen LogP contribution >= 0.6 is 0 Å². The number of halogens is 3. The van der Waals surface area contributed by atoms with Crippen molar-refractivity contribution in [3.63, 3.8) is 0 Å². The molecule has 8 heteroatoms. The molecule has 0 bridgehead atoms. The Hall–Kier alpha value is -3.29. The van der Waals surface area contributed by atoms with Gasteiger partial charge in [0, 0.05) is 0 Å². The molecule has 0 spiro atoms. The first-order valence-electron chi connectivity index (χ1n) is 8.48. The maximum atomic E-state index is 13.0. The molecule has 3 rings (SSSR count). The number of nitrogens with one attached hydrogen (secondary N) is 1. The molecular weight excluding hydrogens is 371 g/mol. The molecule has 0 aliphatic rings. The number of nitrogens with zero attached hydrogens (tertiary/aromatic N) is 2. The molecule has 0 fully saturated rings. The zero-order valence-corrected chi connectivity index (χ0v) is 15.2. The van der Waals surface area contributed by atoms with Crippen molar-refractivity contribution in [2.45, 2.75) is 20.0 Å². The van der Waals surface area contributed by atoms with Gasteiger partial charge in [0.1, 0.15) is 5.75 Å². The minimum absolute atomic E-state index is 0.390. The fourth-order valence-electron chi connectivity index (χ4n) is 2.79. The van der Waals surface area contributed by atoms with Gasteiger partial charge in [-0.2, -0.15) is 18.3 Å². The molecule has 0 saturated carbocycles. The molecule has 1 amide bonds. The number of carbonyl (C=O) groups excluding carboxylic acids is 1. The highest BCUT2D eigenvalue weighted by molar-refractivity contribution is 5.93. The summed E-state index contributed by atoms with van der Waals surface area (Å²) in [6.45, 7) is 2.98. The molecule has 28 heavy (non-hydrogen) atoms. The molecule has 2 aromatic carbocycles. The van der Waals surface area contributed by atoms with Crippen molar-refractivity contribution in [2.24, 2.45) is 0 Å². The molecule has 5 nitrogen and oxygen atoms in total. The van der Waals surface area contributed by atoms with Crippen molar-refractivity contribution < 1.29 is 22.7 Å². The van der Waals surface area contributed by atoms with E-state index in [0.29, 0.717) is 17.1 Å². The fraction of sp³-hybridized carbons (Fsp3) is 0.200. The smallest absolute Gasteiger partial charge is 0.419 e. The van der Waals surface area contributed by atoms with Gasteiger partial charge in [0.2, 0.25) is 0 Å². The third-order valence-electron chi connectivity index (χ3n) is 4.11. The lowest BCUT2D eigenvalue weighted by Gasteiger charge is -2.13. The standard InChI is InChI=1S/C20H18F3N3O2/c1-13-19(14(2)26(25-13)15-8-4-3-5-9-15)24-18(27)12-28-17-11-7-6-10-16(17)20(21,22)23/h3-11H,12H2,1-2H3,(H,24,27). The quantitative estimate of drug-likeness (QED) is 0.698. The van der Waals surface area contributed by atoms with Crippen LogP contribution < -0.4 is 10.1 Å². The third kappa shape index (κ3) is 4.16. The average molecular weight is 389 g/mol. The molecule has 1 heterocycles. The Kier molecular flexibility index (Phi) is 5.39. The Morgan fingerprint density at radius 2 is 1.71 bits per heavy atom. The van der Waals surface area contributed by atoms with E-state index in [-0.39, 0.29) is 0 Å². The van der Waals surface area contributed by atoms with E-state index in [2.05, 4.69) is 10.4 Å². The van der Waals surface area contributed by atoms with E-state index in [1.165, 1.54) is 18.2 Å². The number of alkyl halides is 3. The predicted octanol–water partition coefficient (Wildman–Crippen LogP) is 4.53. The first-order chi connectivity index (χ1) is 13.3. The van der Waals surface area contributed by atoms with Crippen LogP contribution in [0.3, 0.4) is 0 Å². The van der Waals surface area contributed by atoms with Crippen LogP contribution in [-0.4, -0.2) is 22.3 Å². The summed E-state index contributed by atoms with van der Waals surface area (Å²) >= 11 is 0. The van der Waals surface area contributed by atoms with Crippen molar-refractivity contribution in [1.82, 2.24) is 9.78 Å². The summed E-state index contributed by atoms with van der Waals surface area (Å²) < 4.78 is 45.8. The number of rotatable bonds is 5. The topological polar surface area (TPSA) is 56.2 Å². The van der Waals surface area contributed by atoms with Gasteiger partial charge in [0.05, 0.1) is 28.3 Å². The Morgan fingerprint density at radius 1 is 1.07 bits per heavy atom. The highest BCUT2D eigenvalue weighted by atomic mass is 19.4. The van der Waals surface area contributed by atoms with E-state index in [1.807, 2.05) is 30.3 Å². The first kappa shape index (κ1) is 19.5. The van der Waals surface area contributed by atoms with Crippen molar-refractivity contribution in [2.75, 3.05) is 11.9 Å². The molecule has 0 saturated heterocycles. The molecule has 0 radical (unpaired) electrons. The van der Waals surface area contributed by atoms with Gasteiger partial charge in [-0.05, 0) is 38.1 Å². The number of benzene rings is 2. The van der Waals surface area contributed by atoms with Crippen molar-refractivity contribution in [3.05, 3.63) is 71.5 Å². The Balaban J connectivity index is 1.73. The number of ether oxygens (including phenoxy) is 1. The molecule has 3 aromatic rings. The highest BCUT2D eigenvalue weighted by Crippen LogP contribution is 2.35. The monoisotopic (exact) mass is 389 g/mol. The van der Waals surface area contributed by atoms with E-state index in [4.69, 9.17) is 4.74 Å². The minimum Gasteiger partial charge on any atom is -0.483 e. The second-order valence-electron chi connectivity index (χ2n) is 6.12. The van der Waals surface area contributed by atoms with E-state index in [1.54, 1.807) is 18.5 Å². The second kappa shape index (κ2) is 7.75. The Labute approximate surface area is 159 Å². The summed E-state index contributed by atoms with van der Waals surface area (Å²) in [6, 6.07) is 14.1. The number of carbonyl (C=O) groups is 1. The summed E-state index contributed by atoms with van der Waals surface area (Å²) in [5.74, 6) is -0.964. The summed E-state index contributed by atoms with van der Waals surface area (Å²) in [5, 5.41) is 7.08. The SMILES string of the molecule is Cc1nn(-c2ccccc2)c(C)c1NC(=O)COc1ccccc1C(F)(F)F. The molecule has 0 aliphatic carbocycles. The highest BCUT2D eigenvalue weighted by Gasteiger charge is 2.34. The lowest BCUT2D eigenvalue weighted by molar-refractivity contribution is -0.139. The number of aromatic nitrogens is 2. The van der Waals surface area contributed by atoms with Crippen LogP contribution in [0.5, 0.6) is 5.75 Å². The summed E-state index contributed by atoms with van der Waals surface area (Å²) in [5.41, 5.74) is 1.70. The van der Waals surface area contributed by atoms with Gasteiger partial charge in [0.25, 0.3) is 5.91 Å². The molecule has 0 aliphatic heterocycles. The van der Waals surface area contributed by atoms with E-state index in [0.717, 1.165) is 11.8 Å². The van der Waals surface area contributed by atoms with Crippen LogP contribution in [0.15, 0.2) is 54.6 Å². The lowest BCUT2D eigenvalue weighted by atomic mass is 10.2. The lowest BCUT2D eigenvalue weighted by Crippen LogP contribution is -2.22. The predicted molar refractivity (Wildman–Crippen MR) is 98.6 cm³/mol. The van der Waals surface area contributed by atoms with Crippen LogP contribution in [0, 0.1) is 13.8 Å². The van der Waals surface area contributed by atoms with Gasteiger partial charge in [-0.25, -0.2) is 4.68 Å². The average Bonchev–Trinajstić information content (AvgIpc) is 2.95. The Bertz CT molecular complexity index is 982. The van der Waals surface area contributed by atoms with Gasteiger partial charge >= 0.3 is 6.18 Å². The minimum atomic E-state index is -4.56. The number of hydrogen-bond acceptors (Lipinski definition) is 3. The molecule has 146 valence electrons. The number of hydrogen-bond donors (Lipinski definition) is 1. The summed E-state index contributed by atoms with van der Waals surface area (Å²) in [4.78, 5) is 12.2. The Morgan fingerprint density at radius 3 is 2.39 bits per heavy atom. The van der Waals surface area contributed by atoms with Crippen LogP contribution in [-0.2, 0) is 11.0 Å². The van der Waals surface area contributed by atoms with Gasteiger partial charge in [-0.1, -0.05) is 30.3 Å². The van der Waals surface area contributed by atoms with Crippen molar-refractivity contribution >= 4 is 11.6 Å². The zero-order valence-electron chi connectivity index (χ0n) is 15.2. The summed E-state index contributed by atoms with van der Waals surface area (Å²) in [7, 11) is 0. The van der Waals surface area contributed by atoms with E-state index < -0.39 is 30.0 Å². The molecule has 1 aromatic heterocycles. The number of para-hydroxylation sites is 2. The van der Waals surface area contributed by atoms with Crippen LogP contribution in [0.1, 0.15) is 17.0 Å². The van der Waals surface area contributed by atoms with Gasteiger partial charge in [-0.15, -0.1) is 0 Å². The van der Waals surface area contributed by atoms with E-state index >= 15 is 0 Å². The maximum absolute atomic E-state index is 13.0. The second-order valence-corrected chi connectivity index (χ2v) is 6.12. The normalized spacial score (nSPS) is 11.3. The third-order valence-corrected chi connectivity index (χ3v) is 4.11. The summed E-state index contributed by atoms with van der Waals surface area (Å²) in [6.07, 6.45) is -4.56. The zero-order chi connectivity index (χ0) is 20.3. The van der Waals surface area contributed by atoms with Gasteiger partial charge in [0.15, 0.2) is 6.61 Å². The maximum Gasteiger partial charge on any atom is 0.419 e. The van der Waals surface area contributed by atoms with Gasteiger partial charge < -0.3 is 10.1 Å². The molecule has 0 atom stereocenters. The van der Waals surface area contributed by atoms with Crippen molar-refractivity contribution in [3.8, 4) is 11.4 Å². The largest absolute Gasteiger partial charge is 0.483 e. The number of aryl methyl sites for hydroxylation is 1. The van der Waals surface area contributed by atoms with Gasteiger partial charge in [-0.3, -0.25) is 4.79 Å². The van der Waals surface area contributed by atoms with Crippen LogP contribution in [0.4, 0.5) is 18.9 Å². The fourth-order valence-corrected chi connectivity index (χ4v) is 2.79. The van der Waals surface area contributed by atoms with E-state index in [9.17, 15) is 18.0 Å². The number of amides is 1. The molecule has 1 N–H and O–H groups in total.